The van der Waals surface area contributed by atoms with Crippen molar-refractivity contribution < 1.29 is 4.79 Å². The number of rotatable bonds is 2. The first-order chi connectivity index (χ1) is 7.68. The molecule has 0 aliphatic rings. The number of hydrogen-bond donors (Lipinski definition) is 1. The van der Waals surface area contributed by atoms with E-state index in [0.717, 1.165) is 10.8 Å². The van der Waals surface area contributed by atoms with E-state index in [4.69, 9.17) is 0 Å². The highest BCUT2D eigenvalue weighted by atomic mass is 16.1. The Kier molecular flexibility index (Phi) is 2.86. The third kappa shape index (κ3) is 2.03. The fourth-order valence-corrected chi connectivity index (χ4v) is 1.66. The van der Waals surface area contributed by atoms with E-state index in [-0.39, 0.29) is 11.9 Å². The molecule has 0 saturated heterocycles. The highest BCUT2D eigenvalue weighted by Crippen LogP contribution is 2.17. The van der Waals surface area contributed by atoms with Gasteiger partial charge in [-0.2, -0.15) is 0 Å². The van der Waals surface area contributed by atoms with E-state index in [1.54, 1.807) is 12.4 Å². The molecule has 0 spiro atoms. The van der Waals surface area contributed by atoms with E-state index < -0.39 is 0 Å². The van der Waals surface area contributed by atoms with Crippen molar-refractivity contribution in [3.8, 4) is 0 Å². The van der Waals surface area contributed by atoms with Crippen LogP contribution in [0.15, 0.2) is 36.7 Å². The van der Waals surface area contributed by atoms with Gasteiger partial charge in [-0.3, -0.25) is 9.78 Å². The van der Waals surface area contributed by atoms with Gasteiger partial charge in [0, 0.05) is 29.4 Å². The lowest BCUT2D eigenvalue weighted by molar-refractivity contribution is 0.0945. The van der Waals surface area contributed by atoms with Crippen LogP contribution >= 0.6 is 0 Å². The van der Waals surface area contributed by atoms with Gasteiger partial charge in [-0.25, -0.2) is 0 Å². The van der Waals surface area contributed by atoms with Crippen molar-refractivity contribution in [2.24, 2.45) is 0 Å². The second kappa shape index (κ2) is 4.31. The van der Waals surface area contributed by atoms with Crippen molar-refractivity contribution in [3.05, 3.63) is 42.2 Å². The summed E-state index contributed by atoms with van der Waals surface area (Å²) >= 11 is 0. The van der Waals surface area contributed by atoms with Crippen LogP contribution < -0.4 is 5.32 Å². The fourth-order valence-electron chi connectivity index (χ4n) is 1.66. The average molecular weight is 214 g/mol. The minimum Gasteiger partial charge on any atom is -0.350 e. The van der Waals surface area contributed by atoms with Crippen LogP contribution in [-0.4, -0.2) is 16.9 Å². The maximum Gasteiger partial charge on any atom is 0.252 e. The summed E-state index contributed by atoms with van der Waals surface area (Å²) in [6.45, 7) is 3.90. The molecule has 0 atom stereocenters. The Bertz CT molecular complexity index is 515. The Balaban J connectivity index is 2.48. The molecule has 0 bridgehead atoms. The molecule has 0 aliphatic heterocycles. The van der Waals surface area contributed by atoms with E-state index in [1.165, 1.54) is 0 Å². The van der Waals surface area contributed by atoms with Crippen LogP contribution in [0.1, 0.15) is 24.2 Å². The standard InChI is InChI=1S/C13H14N2O/c1-9(2)15-13(16)12-5-3-4-10-8-14-7-6-11(10)12/h3-9H,1-2H3,(H,15,16). The van der Waals surface area contributed by atoms with Crippen LogP contribution in [0.3, 0.4) is 0 Å². The summed E-state index contributed by atoms with van der Waals surface area (Å²) in [6, 6.07) is 7.67. The molecule has 1 aromatic heterocycles. The van der Waals surface area contributed by atoms with Crippen LogP contribution in [0.5, 0.6) is 0 Å². The van der Waals surface area contributed by atoms with Crippen LogP contribution in [0.25, 0.3) is 10.8 Å². The van der Waals surface area contributed by atoms with E-state index in [9.17, 15) is 4.79 Å². The number of amides is 1. The van der Waals surface area contributed by atoms with E-state index >= 15 is 0 Å². The van der Waals surface area contributed by atoms with Gasteiger partial charge in [0.1, 0.15) is 0 Å². The van der Waals surface area contributed by atoms with Crippen molar-refractivity contribution in [1.29, 1.82) is 0 Å². The number of fused-ring (bicyclic) bond motifs is 1. The molecule has 0 fully saturated rings. The maximum absolute atomic E-state index is 11.9. The molecule has 1 aromatic carbocycles. The SMILES string of the molecule is CC(C)NC(=O)c1cccc2cnccc12. The van der Waals surface area contributed by atoms with Crippen LogP contribution in [0, 0.1) is 0 Å². The van der Waals surface area contributed by atoms with Gasteiger partial charge in [-0.05, 0) is 31.4 Å². The van der Waals surface area contributed by atoms with Crippen molar-refractivity contribution in [3.63, 3.8) is 0 Å². The van der Waals surface area contributed by atoms with Gasteiger partial charge in [0.25, 0.3) is 5.91 Å². The molecule has 16 heavy (non-hydrogen) atoms. The van der Waals surface area contributed by atoms with Gasteiger partial charge < -0.3 is 5.32 Å². The zero-order valence-electron chi connectivity index (χ0n) is 9.40. The molecule has 1 amide bonds. The third-order valence-corrected chi connectivity index (χ3v) is 2.35. The number of hydrogen-bond acceptors (Lipinski definition) is 2. The highest BCUT2D eigenvalue weighted by Gasteiger charge is 2.09. The predicted molar refractivity (Wildman–Crippen MR) is 64.3 cm³/mol. The second-order valence-corrected chi connectivity index (χ2v) is 4.03. The second-order valence-electron chi connectivity index (χ2n) is 4.03. The molecule has 1 heterocycles. The normalized spacial score (nSPS) is 10.7. The largest absolute Gasteiger partial charge is 0.350 e. The minimum absolute atomic E-state index is 0.0354. The van der Waals surface area contributed by atoms with E-state index in [1.807, 2.05) is 38.1 Å². The molecule has 1 N–H and O–H groups in total. The maximum atomic E-state index is 11.9. The molecular weight excluding hydrogens is 200 g/mol. The van der Waals surface area contributed by atoms with Crippen molar-refractivity contribution in [2.45, 2.75) is 19.9 Å². The molecule has 0 radical (unpaired) electrons. The lowest BCUT2D eigenvalue weighted by Gasteiger charge is -2.10. The molecule has 3 nitrogen and oxygen atoms in total. The minimum atomic E-state index is -0.0354. The third-order valence-electron chi connectivity index (χ3n) is 2.35. The lowest BCUT2D eigenvalue weighted by atomic mass is 10.1. The quantitative estimate of drug-likeness (QED) is 0.833. The molecule has 0 unspecified atom stereocenters. The van der Waals surface area contributed by atoms with Gasteiger partial charge >= 0.3 is 0 Å². The number of carbonyl (C=O) groups excluding carboxylic acids is 1. The molecule has 0 aliphatic carbocycles. The number of nitrogens with zero attached hydrogens (tertiary/aromatic N) is 1. The summed E-state index contributed by atoms with van der Waals surface area (Å²) < 4.78 is 0. The Morgan fingerprint density at radius 3 is 2.88 bits per heavy atom. The van der Waals surface area contributed by atoms with Gasteiger partial charge in [0.2, 0.25) is 0 Å². The first-order valence-electron chi connectivity index (χ1n) is 5.32. The van der Waals surface area contributed by atoms with Gasteiger partial charge in [0.05, 0.1) is 0 Å². The number of nitrogens with one attached hydrogen (secondary N) is 1. The first kappa shape index (κ1) is 10.6. The Labute approximate surface area is 94.5 Å². The summed E-state index contributed by atoms with van der Waals surface area (Å²) in [5.74, 6) is -0.0354. The van der Waals surface area contributed by atoms with E-state index in [2.05, 4.69) is 10.3 Å². The summed E-state index contributed by atoms with van der Waals surface area (Å²) in [6.07, 6.45) is 3.47. The molecule has 0 saturated carbocycles. The highest BCUT2D eigenvalue weighted by molar-refractivity contribution is 6.06. The molecule has 2 aromatic rings. The van der Waals surface area contributed by atoms with Crippen molar-refractivity contribution >= 4 is 16.7 Å². The van der Waals surface area contributed by atoms with Crippen LogP contribution in [0.2, 0.25) is 0 Å². The monoisotopic (exact) mass is 214 g/mol. The zero-order chi connectivity index (χ0) is 11.5. The van der Waals surface area contributed by atoms with Gasteiger partial charge in [-0.15, -0.1) is 0 Å². The summed E-state index contributed by atoms with van der Waals surface area (Å²) in [4.78, 5) is 16.0. The summed E-state index contributed by atoms with van der Waals surface area (Å²) in [5, 5.41) is 4.82. The van der Waals surface area contributed by atoms with Crippen molar-refractivity contribution in [2.75, 3.05) is 0 Å². The molecular formula is C13H14N2O. The summed E-state index contributed by atoms with van der Waals surface area (Å²) in [5.41, 5.74) is 0.702. The predicted octanol–water partition coefficient (Wildman–Crippen LogP) is 2.37. The van der Waals surface area contributed by atoms with Crippen LogP contribution in [-0.2, 0) is 0 Å². The smallest absolute Gasteiger partial charge is 0.252 e. The summed E-state index contributed by atoms with van der Waals surface area (Å²) in [7, 11) is 0. The molecule has 3 heteroatoms. The van der Waals surface area contributed by atoms with Gasteiger partial charge in [0.15, 0.2) is 0 Å². The van der Waals surface area contributed by atoms with Crippen LogP contribution in [0.4, 0.5) is 0 Å². The Hall–Kier alpha value is -1.90. The fraction of sp³-hybridized carbons (Fsp3) is 0.231. The number of pyridine rings is 1. The lowest BCUT2D eigenvalue weighted by Crippen LogP contribution is -2.30. The zero-order valence-corrected chi connectivity index (χ0v) is 9.40. The Morgan fingerprint density at radius 2 is 2.12 bits per heavy atom. The van der Waals surface area contributed by atoms with Crippen molar-refractivity contribution in [1.82, 2.24) is 10.3 Å². The number of carbonyl (C=O) groups is 1. The van der Waals surface area contributed by atoms with E-state index in [0.29, 0.717) is 5.56 Å². The number of benzene rings is 1. The average Bonchev–Trinajstić information content (AvgIpc) is 2.27. The molecule has 82 valence electrons. The first-order valence-corrected chi connectivity index (χ1v) is 5.32. The topological polar surface area (TPSA) is 42.0 Å². The Morgan fingerprint density at radius 1 is 1.31 bits per heavy atom. The number of aromatic nitrogens is 1. The molecule has 2 rings (SSSR count). The van der Waals surface area contributed by atoms with Gasteiger partial charge in [-0.1, -0.05) is 12.1 Å².